The molecular formula is C18H22Cl2N2O2. The highest BCUT2D eigenvalue weighted by molar-refractivity contribution is 6.33. The Morgan fingerprint density at radius 2 is 1.83 bits per heavy atom. The maximum Gasteiger partial charge on any atom is 0.166 e. The summed E-state index contributed by atoms with van der Waals surface area (Å²) < 4.78 is 5.82. The van der Waals surface area contributed by atoms with E-state index in [1.807, 2.05) is 0 Å². The second-order valence-corrected chi connectivity index (χ2v) is 6.52. The van der Waals surface area contributed by atoms with E-state index in [2.05, 4.69) is 23.8 Å². The Morgan fingerprint density at radius 1 is 1.12 bits per heavy atom. The van der Waals surface area contributed by atoms with Crippen LogP contribution in [0.3, 0.4) is 0 Å². The number of rotatable bonds is 8. The van der Waals surface area contributed by atoms with Crippen molar-refractivity contribution in [1.29, 1.82) is 0 Å². The van der Waals surface area contributed by atoms with E-state index in [0.717, 1.165) is 12.8 Å². The smallest absolute Gasteiger partial charge is 0.166 e. The summed E-state index contributed by atoms with van der Waals surface area (Å²) in [6.07, 6.45) is 4.64. The lowest BCUT2D eigenvalue weighted by atomic mass is 10.0. The van der Waals surface area contributed by atoms with Gasteiger partial charge in [0.1, 0.15) is 21.8 Å². The zero-order valence-electron chi connectivity index (χ0n) is 13.9. The van der Waals surface area contributed by atoms with Crippen molar-refractivity contribution in [3.05, 3.63) is 34.6 Å². The first kappa shape index (κ1) is 18.8. The second-order valence-electron chi connectivity index (χ2n) is 5.74. The van der Waals surface area contributed by atoms with Gasteiger partial charge in [-0.05, 0) is 24.5 Å². The van der Waals surface area contributed by atoms with E-state index in [-0.39, 0.29) is 21.9 Å². The minimum absolute atomic E-state index is 0.0347. The molecule has 2 rings (SSSR count). The van der Waals surface area contributed by atoms with Crippen molar-refractivity contribution in [2.75, 3.05) is 6.61 Å². The normalized spacial score (nSPS) is 12.2. The molecule has 24 heavy (non-hydrogen) atoms. The highest BCUT2D eigenvalue weighted by Crippen LogP contribution is 2.32. The van der Waals surface area contributed by atoms with E-state index in [4.69, 9.17) is 27.9 Å². The average molecular weight is 369 g/mol. The summed E-state index contributed by atoms with van der Waals surface area (Å²) >= 11 is 11.8. The van der Waals surface area contributed by atoms with Crippen LogP contribution in [0.15, 0.2) is 24.3 Å². The average Bonchev–Trinajstić information content (AvgIpc) is 2.54. The molecule has 4 nitrogen and oxygen atoms in total. The van der Waals surface area contributed by atoms with E-state index >= 15 is 0 Å². The number of unbranched alkanes of at least 4 members (excludes halogenated alkanes) is 1. The minimum Gasteiger partial charge on any atom is -0.507 e. The Kier molecular flexibility index (Phi) is 7.13. The molecule has 0 saturated heterocycles. The molecule has 0 saturated carbocycles. The SMILES string of the molecule is CCCCC(CC)COc1ccc(-c2nc(Cl)cc(Cl)n2)c(O)c1. The van der Waals surface area contributed by atoms with Gasteiger partial charge in [-0.25, -0.2) is 9.97 Å². The molecule has 6 heteroatoms. The van der Waals surface area contributed by atoms with Gasteiger partial charge in [-0.2, -0.15) is 0 Å². The molecule has 0 amide bonds. The molecule has 0 spiro atoms. The Balaban J connectivity index is 2.09. The number of phenolic OH excluding ortho intramolecular Hbond substituents is 1. The van der Waals surface area contributed by atoms with Gasteiger partial charge in [-0.1, -0.05) is 56.3 Å². The number of aromatic hydroxyl groups is 1. The molecule has 1 atom stereocenters. The van der Waals surface area contributed by atoms with Crippen LogP contribution in [-0.2, 0) is 0 Å². The molecule has 130 valence electrons. The van der Waals surface area contributed by atoms with Gasteiger partial charge in [-0.15, -0.1) is 0 Å². The third-order valence-electron chi connectivity index (χ3n) is 3.90. The summed E-state index contributed by atoms with van der Waals surface area (Å²) in [5.41, 5.74) is 0.463. The third-order valence-corrected chi connectivity index (χ3v) is 4.29. The molecule has 2 aromatic rings. The molecule has 0 aliphatic heterocycles. The monoisotopic (exact) mass is 368 g/mol. The second kappa shape index (κ2) is 9.09. The lowest BCUT2D eigenvalue weighted by molar-refractivity contribution is 0.232. The molecule has 1 unspecified atom stereocenters. The van der Waals surface area contributed by atoms with Crippen molar-refractivity contribution >= 4 is 23.2 Å². The Labute approximate surface area is 152 Å². The van der Waals surface area contributed by atoms with Crippen molar-refractivity contribution < 1.29 is 9.84 Å². The molecule has 0 aliphatic rings. The lowest BCUT2D eigenvalue weighted by Gasteiger charge is -2.16. The summed E-state index contributed by atoms with van der Waals surface area (Å²) in [7, 11) is 0. The van der Waals surface area contributed by atoms with Crippen LogP contribution in [0.4, 0.5) is 0 Å². The first-order valence-corrected chi connectivity index (χ1v) is 8.95. The van der Waals surface area contributed by atoms with E-state index in [0.29, 0.717) is 23.8 Å². The third kappa shape index (κ3) is 5.25. The minimum atomic E-state index is 0.0347. The van der Waals surface area contributed by atoms with Crippen LogP contribution in [-0.4, -0.2) is 21.7 Å². The number of benzene rings is 1. The van der Waals surface area contributed by atoms with Crippen molar-refractivity contribution in [3.8, 4) is 22.9 Å². The predicted octanol–water partition coefficient (Wildman–Crippen LogP) is 5.75. The van der Waals surface area contributed by atoms with E-state index in [9.17, 15) is 5.11 Å². The number of phenols is 1. The summed E-state index contributed by atoms with van der Waals surface area (Å²) in [5.74, 6) is 1.47. The predicted molar refractivity (Wildman–Crippen MR) is 98.0 cm³/mol. The maximum absolute atomic E-state index is 10.2. The molecule has 1 heterocycles. The summed E-state index contributed by atoms with van der Waals surface area (Å²) in [6, 6.07) is 6.52. The molecule has 0 bridgehead atoms. The van der Waals surface area contributed by atoms with Gasteiger partial charge in [0, 0.05) is 12.1 Å². The molecule has 1 aromatic carbocycles. The van der Waals surface area contributed by atoms with Crippen LogP contribution in [0.1, 0.15) is 39.5 Å². The van der Waals surface area contributed by atoms with Gasteiger partial charge in [0.25, 0.3) is 0 Å². The number of ether oxygens (including phenoxy) is 1. The first-order valence-electron chi connectivity index (χ1n) is 8.19. The number of hydrogen-bond acceptors (Lipinski definition) is 4. The van der Waals surface area contributed by atoms with Crippen molar-refractivity contribution in [2.45, 2.75) is 39.5 Å². The number of aromatic nitrogens is 2. The van der Waals surface area contributed by atoms with E-state index in [1.165, 1.54) is 18.9 Å². The Hall–Kier alpha value is -1.52. The maximum atomic E-state index is 10.2. The zero-order valence-corrected chi connectivity index (χ0v) is 15.4. The summed E-state index contributed by atoms with van der Waals surface area (Å²) in [6.45, 7) is 5.01. The molecule has 0 radical (unpaired) electrons. The Bertz CT molecular complexity index is 660. The fraction of sp³-hybridized carbons (Fsp3) is 0.444. The fourth-order valence-corrected chi connectivity index (χ4v) is 2.84. The van der Waals surface area contributed by atoms with Crippen LogP contribution < -0.4 is 4.74 Å². The highest BCUT2D eigenvalue weighted by atomic mass is 35.5. The van der Waals surface area contributed by atoms with Crippen molar-refractivity contribution in [1.82, 2.24) is 9.97 Å². The van der Waals surface area contributed by atoms with Crippen molar-refractivity contribution in [2.24, 2.45) is 5.92 Å². The van der Waals surface area contributed by atoms with Gasteiger partial charge >= 0.3 is 0 Å². The summed E-state index contributed by atoms with van der Waals surface area (Å²) in [4.78, 5) is 8.17. The fourth-order valence-electron chi connectivity index (χ4n) is 2.41. The van der Waals surface area contributed by atoms with Gasteiger partial charge in [-0.3, -0.25) is 0 Å². The van der Waals surface area contributed by atoms with Gasteiger partial charge in [0.05, 0.1) is 12.2 Å². The van der Waals surface area contributed by atoms with Gasteiger partial charge in [0.15, 0.2) is 5.82 Å². The van der Waals surface area contributed by atoms with Gasteiger partial charge in [0.2, 0.25) is 0 Å². The highest BCUT2D eigenvalue weighted by Gasteiger charge is 2.12. The lowest BCUT2D eigenvalue weighted by Crippen LogP contribution is -2.11. The quantitative estimate of drug-likeness (QED) is 0.602. The van der Waals surface area contributed by atoms with E-state index in [1.54, 1.807) is 18.2 Å². The first-order chi connectivity index (χ1) is 11.5. The number of hydrogen-bond donors (Lipinski definition) is 1. The zero-order chi connectivity index (χ0) is 17.5. The molecular weight excluding hydrogens is 347 g/mol. The van der Waals surface area contributed by atoms with Crippen LogP contribution in [0.2, 0.25) is 10.3 Å². The van der Waals surface area contributed by atoms with Crippen LogP contribution in [0, 0.1) is 5.92 Å². The summed E-state index contributed by atoms with van der Waals surface area (Å²) in [5, 5.41) is 10.7. The largest absolute Gasteiger partial charge is 0.507 e. The molecule has 0 aliphatic carbocycles. The number of nitrogens with zero attached hydrogens (tertiary/aromatic N) is 2. The van der Waals surface area contributed by atoms with Crippen LogP contribution in [0.5, 0.6) is 11.5 Å². The van der Waals surface area contributed by atoms with Crippen LogP contribution >= 0.6 is 23.2 Å². The molecule has 1 N–H and O–H groups in total. The Morgan fingerprint density at radius 3 is 2.42 bits per heavy atom. The van der Waals surface area contributed by atoms with E-state index < -0.39 is 0 Å². The molecule has 0 fully saturated rings. The van der Waals surface area contributed by atoms with Gasteiger partial charge < -0.3 is 9.84 Å². The van der Waals surface area contributed by atoms with Crippen molar-refractivity contribution in [3.63, 3.8) is 0 Å². The molecule has 1 aromatic heterocycles. The van der Waals surface area contributed by atoms with Crippen LogP contribution in [0.25, 0.3) is 11.4 Å². The number of halogens is 2. The standard InChI is InChI=1S/C18H22Cl2N2O2/c1-3-5-6-12(4-2)11-24-13-7-8-14(15(23)9-13)18-21-16(19)10-17(20)22-18/h7-10,12,23H,3-6,11H2,1-2H3. The topological polar surface area (TPSA) is 55.2 Å².